The molecule has 0 aliphatic carbocycles. The number of halogens is 1. The molecule has 1 aromatic heterocycles. The highest BCUT2D eigenvalue weighted by atomic mass is 79.9. The third-order valence-corrected chi connectivity index (χ3v) is 7.08. The van der Waals surface area contributed by atoms with E-state index >= 15 is 0 Å². The summed E-state index contributed by atoms with van der Waals surface area (Å²) in [5.74, 6) is 1.30. The first-order valence-electron chi connectivity index (χ1n) is 8.09. The van der Waals surface area contributed by atoms with Crippen LogP contribution >= 0.6 is 27.7 Å². The van der Waals surface area contributed by atoms with Crippen LogP contribution in [-0.4, -0.2) is 32.9 Å². The number of thioether (sulfide) groups is 1. The van der Waals surface area contributed by atoms with Crippen molar-refractivity contribution in [3.8, 4) is 0 Å². The topological polar surface area (TPSA) is 29.9 Å². The van der Waals surface area contributed by atoms with Gasteiger partial charge < -0.3 is 5.32 Å². The van der Waals surface area contributed by atoms with Crippen LogP contribution in [0.2, 0.25) is 0 Å². The van der Waals surface area contributed by atoms with E-state index in [0.29, 0.717) is 10.8 Å². The van der Waals surface area contributed by atoms with Crippen LogP contribution in [0.1, 0.15) is 51.4 Å². The average molecular weight is 374 g/mol. The van der Waals surface area contributed by atoms with Crippen LogP contribution in [0, 0.1) is 0 Å². The summed E-state index contributed by atoms with van der Waals surface area (Å²) in [5, 5.41) is 8.45. The molecule has 0 radical (unpaired) electrons. The van der Waals surface area contributed by atoms with Crippen molar-refractivity contribution >= 4 is 27.7 Å². The van der Waals surface area contributed by atoms with Crippen molar-refractivity contribution in [2.75, 3.05) is 12.3 Å². The van der Waals surface area contributed by atoms with Gasteiger partial charge in [-0.15, -0.1) is 0 Å². The Kier molecular flexibility index (Phi) is 6.21. The molecule has 1 N–H and O–H groups in total. The number of hydrogen-bond donors (Lipinski definition) is 1. The summed E-state index contributed by atoms with van der Waals surface area (Å²) in [7, 11) is 2.07. The largest absolute Gasteiger partial charge is 0.312 e. The quantitative estimate of drug-likeness (QED) is 0.784. The van der Waals surface area contributed by atoms with Gasteiger partial charge in [0.15, 0.2) is 0 Å². The van der Waals surface area contributed by atoms with Crippen LogP contribution in [-0.2, 0) is 19.9 Å². The van der Waals surface area contributed by atoms with Gasteiger partial charge in [-0.3, -0.25) is 4.68 Å². The van der Waals surface area contributed by atoms with Gasteiger partial charge in [0.1, 0.15) is 0 Å². The average Bonchev–Trinajstić information content (AvgIpc) is 3.01. The fraction of sp³-hybridized carbons (Fsp3) is 0.812. The Bertz CT molecular complexity index is 466. The van der Waals surface area contributed by atoms with E-state index in [-0.39, 0.29) is 0 Å². The van der Waals surface area contributed by atoms with Gasteiger partial charge in [0.2, 0.25) is 0 Å². The summed E-state index contributed by atoms with van der Waals surface area (Å²) in [6, 6.07) is 0.515. The number of hydrogen-bond acceptors (Lipinski definition) is 3. The van der Waals surface area contributed by atoms with Gasteiger partial charge in [-0.05, 0) is 60.8 Å². The van der Waals surface area contributed by atoms with E-state index in [1.165, 1.54) is 40.9 Å². The Morgan fingerprint density at radius 3 is 2.76 bits per heavy atom. The van der Waals surface area contributed by atoms with E-state index in [2.05, 4.69) is 70.6 Å². The van der Waals surface area contributed by atoms with E-state index in [0.717, 1.165) is 19.4 Å². The van der Waals surface area contributed by atoms with Crippen LogP contribution in [0.5, 0.6) is 0 Å². The molecule has 2 unspecified atom stereocenters. The molecule has 1 saturated heterocycles. The number of aryl methyl sites for hydroxylation is 2. The van der Waals surface area contributed by atoms with Gasteiger partial charge in [0.25, 0.3) is 0 Å². The van der Waals surface area contributed by atoms with Crippen LogP contribution in [0.3, 0.4) is 0 Å². The molecule has 5 heteroatoms. The molecule has 0 saturated carbocycles. The highest BCUT2D eigenvalue weighted by Gasteiger charge is 2.38. The Balaban J connectivity index is 2.20. The van der Waals surface area contributed by atoms with Gasteiger partial charge in [0.05, 0.1) is 15.9 Å². The van der Waals surface area contributed by atoms with Crippen molar-refractivity contribution in [1.82, 2.24) is 15.1 Å². The minimum absolute atomic E-state index is 0.352. The lowest BCUT2D eigenvalue weighted by atomic mass is 9.92. The maximum atomic E-state index is 4.65. The lowest BCUT2D eigenvalue weighted by Crippen LogP contribution is -2.47. The predicted molar refractivity (Wildman–Crippen MR) is 96.2 cm³/mol. The Morgan fingerprint density at radius 2 is 2.24 bits per heavy atom. The second-order valence-corrected chi connectivity index (χ2v) is 8.58. The molecule has 2 rings (SSSR count). The molecule has 1 fully saturated rings. The number of aromatic nitrogens is 2. The van der Waals surface area contributed by atoms with E-state index in [9.17, 15) is 0 Å². The normalized spacial score (nSPS) is 23.7. The monoisotopic (exact) mass is 373 g/mol. The van der Waals surface area contributed by atoms with Crippen molar-refractivity contribution in [3.05, 3.63) is 15.9 Å². The lowest BCUT2D eigenvalue weighted by Gasteiger charge is -2.34. The van der Waals surface area contributed by atoms with E-state index < -0.39 is 0 Å². The number of nitrogens with zero attached hydrogens (tertiary/aromatic N) is 2. The predicted octanol–water partition coefficient (Wildman–Crippen LogP) is 3.94. The third-order valence-electron chi connectivity index (χ3n) is 4.53. The van der Waals surface area contributed by atoms with Crippen molar-refractivity contribution in [2.45, 2.75) is 63.7 Å². The maximum Gasteiger partial charge on any atom is 0.0766 e. The van der Waals surface area contributed by atoms with Crippen molar-refractivity contribution < 1.29 is 0 Å². The molecule has 21 heavy (non-hydrogen) atoms. The molecular weight excluding hydrogens is 346 g/mol. The summed E-state index contributed by atoms with van der Waals surface area (Å²) in [6.45, 7) is 7.93. The molecule has 120 valence electrons. The summed E-state index contributed by atoms with van der Waals surface area (Å²) in [5.41, 5.74) is 2.50. The smallest absolute Gasteiger partial charge is 0.0766 e. The summed E-state index contributed by atoms with van der Waals surface area (Å²) in [6.07, 6.45) is 5.87. The molecule has 2 atom stereocenters. The van der Waals surface area contributed by atoms with Crippen molar-refractivity contribution in [3.63, 3.8) is 0 Å². The molecule has 1 aliphatic heterocycles. The van der Waals surface area contributed by atoms with Crippen LogP contribution in [0.4, 0.5) is 0 Å². The molecule has 0 aromatic carbocycles. The SMILES string of the molecule is CCCNC(Cc1c(Br)c(CC)nn1C)C1(C)CCCS1. The molecule has 1 aliphatic rings. The first kappa shape index (κ1) is 17.4. The summed E-state index contributed by atoms with van der Waals surface area (Å²) >= 11 is 5.91. The van der Waals surface area contributed by atoms with Crippen LogP contribution in [0.25, 0.3) is 0 Å². The molecular formula is C16H28BrN3S. The number of nitrogens with one attached hydrogen (secondary N) is 1. The minimum atomic E-state index is 0.352. The van der Waals surface area contributed by atoms with Gasteiger partial charge in [0, 0.05) is 24.3 Å². The molecule has 0 spiro atoms. The third kappa shape index (κ3) is 3.85. The fourth-order valence-electron chi connectivity index (χ4n) is 3.13. The highest BCUT2D eigenvalue weighted by Crippen LogP contribution is 2.42. The van der Waals surface area contributed by atoms with Crippen LogP contribution < -0.4 is 5.32 Å². The maximum absolute atomic E-state index is 4.65. The first-order chi connectivity index (χ1) is 10.0. The standard InChI is InChI=1S/C16H28BrN3S/c1-5-9-18-14(16(3)8-7-10-21-16)11-13-15(17)12(6-2)19-20(13)4/h14,18H,5-11H2,1-4H3. The van der Waals surface area contributed by atoms with Crippen LogP contribution in [0.15, 0.2) is 4.47 Å². The molecule has 1 aromatic rings. The molecule has 2 heterocycles. The van der Waals surface area contributed by atoms with Crippen molar-refractivity contribution in [2.24, 2.45) is 7.05 Å². The van der Waals surface area contributed by atoms with Crippen molar-refractivity contribution in [1.29, 1.82) is 0 Å². The summed E-state index contributed by atoms with van der Waals surface area (Å²) < 4.78 is 3.63. The zero-order valence-corrected chi connectivity index (χ0v) is 16.1. The second kappa shape index (κ2) is 7.51. The van der Waals surface area contributed by atoms with E-state index in [4.69, 9.17) is 0 Å². The Morgan fingerprint density at radius 1 is 1.48 bits per heavy atom. The lowest BCUT2D eigenvalue weighted by molar-refractivity contribution is 0.391. The first-order valence-corrected chi connectivity index (χ1v) is 9.87. The van der Waals surface area contributed by atoms with E-state index in [1.54, 1.807) is 0 Å². The molecule has 3 nitrogen and oxygen atoms in total. The second-order valence-electron chi connectivity index (χ2n) is 6.16. The van der Waals surface area contributed by atoms with Gasteiger partial charge in [-0.2, -0.15) is 16.9 Å². The fourth-order valence-corrected chi connectivity index (χ4v) is 5.32. The molecule has 0 bridgehead atoms. The zero-order valence-electron chi connectivity index (χ0n) is 13.7. The minimum Gasteiger partial charge on any atom is -0.312 e. The molecule has 0 amide bonds. The number of rotatable bonds is 7. The Labute approximate surface area is 141 Å². The van der Waals surface area contributed by atoms with Gasteiger partial charge >= 0.3 is 0 Å². The van der Waals surface area contributed by atoms with Gasteiger partial charge in [-0.1, -0.05) is 13.8 Å². The Hall–Kier alpha value is -0.000000000000000111. The highest BCUT2D eigenvalue weighted by molar-refractivity contribution is 9.10. The summed E-state index contributed by atoms with van der Waals surface area (Å²) in [4.78, 5) is 0. The zero-order chi connectivity index (χ0) is 15.5. The van der Waals surface area contributed by atoms with Gasteiger partial charge in [-0.25, -0.2) is 0 Å². The van der Waals surface area contributed by atoms with E-state index in [1.807, 2.05) is 0 Å².